The number of hydrogen-bond acceptors (Lipinski definition) is 12. The first-order valence-corrected chi connectivity index (χ1v) is 18.5. The fourth-order valence-electron chi connectivity index (χ4n) is 5.49. The summed E-state index contributed by atoms with van der Waals surface area (Å²) in [6, 6.07) is 25.9. The molecule has 0 aliphatic carbocycles. The van der Waals surface area contributed by atoms with Crippen molar-refractivity contribution in [2.24, 2.45) is 4.99 Å². The zero-order valence-corrected chi connectivity index (χ0v) is 31.7. The number of hydrogen-bond donors (Lipinski definition) is 2. The Morgan fingerprint density at radius 1 is 0.745 bits per heavy atom. The number of nitrogens with one attached hydrogen (secondary N) is 2. The van der Waals surface area contributed by atoms with Crippen molar-refractivity contribution >= 4 is 58.3 Å². The van der Waals surface area contributed by atoms with Gasteiger partial charge in [-0.3, -0.25) is 20.2 Å². The largest absolute Gasteiger partial charge is 0.348 e. The second-order valence-electron chi connectivity index (χ2n) is 11.7. The molecule has 2 fully saturated rings. The van der Waals surface area contributed by atoms with Crippen LogP contribution in [0.25, 0.3) is 0 Å². The lowest BCUT2D eigenvalue weighted by Crippen LogP contribution is -2.52. The fourth-order valence-corrected chi connectivity index (χ4v) is 5.49. The first-order chi connectivity index (χ1) is 26.8. The highest BCUT2D eigenvalue weighted by molar-refractivity contribution is 6.40. The average molecular weight is 796 g/mol. The lowest BCUT2D eigenvalue weighted by atomic mass is 10.1. The number of amides is 2. The number of anilines is 2. The second kappa shape index (κ2) is 25.4. The molecule has 16 nitrogen and oxygen atoms in total. The van der Waals surface area contributed by atoms with Gasteiger partial charge in [0, 0.05) is 83.4 Å². The molecule has 2 aliphatic heterocycles. The quantitative estimate of drug-likeness (QED) is 0.0682. The monoisotopic (exact) mass is 794 g/mol. The first-order valence-electron chi connectivity index (χ1n) is 17.4. The van der Waals surface area contributed by atoms with E-state index in [1.165, 1.54) is 29.3 Å². The van der Waals surface area contributed by atoms with Crippen molar-refractivity contribution in [3.63, 3.8) is 0 Å². The SMILES string of the molecule is ClCCl.O=C(NCCc1ccccc1)N1CCN(c2ncccc2[N+](=O)[O-])CC1.O=C=NCCc1ccccc1.O=[N+]([O-])c1cccnc1N1CCNCC1. The third kappa shape index (κ3) is 15.7. The van der Waals surface area contributed by atoms with E-state index in [2.05, 4.69) is 25.6 Å². The zero-order valence-electron chi connectivity index (χ0n) is 30.2. The van der Waals surface area contributed by atoms with Crippen molar-refractivity contribution in [1.29, 1.82) is 0 Å². The number of rotatable bonds is 10. The Kier molecular flexibility index (Phi) is 20.2. The van der Waals surface area contributed by atoms with E-state index >= 15 is 0 Å². The van der Waals surface area contributed by atoms with Gasteiger partial charge in [-0.05, 0) is 36.1 Å². The Labute approximate surface area is 329 Å². The summed E-state index contributed by atoms with van der Waals surface area (Å²) < 4.78 is 0. The maximum atomic E-state index is 12.3. The number of urea groups is 1. The van der Waals surface area contributed by atoms with Crippen LogP contribution in [0.1, 0.15) is 11.1 Å². The number of nitrogens with zero attached hydrogens (tertiary/aromatic N) is 8. The molecule has 2 saturated heterocycles. The molecule has 6 rings (SSSR count). The van der Waals surface area contributed by atoms with Crippen LogP contribution in [0, 0.1) is 20.2 Å². The minimum atomic E-state index is -0.426. The summed E-state index contributed by atoms with van der Waals surface area (Å²) >= 11 is 9.53. The molecule has 0 saturated carbocycles. The van der Waals surface area contributed by atoms with Crippen molar-refractivity contribution in [1.82, 2.24) is 25.5 Å². The summed E-state index contributed by atoms with van der Waals surface area (Å²) in [5, 5.41) is 28.2. The van der Waals surface area contributed by atoms with E-state index in [0.717, 1.165) is 39.0 Å². The molecule has 4 aromatic rings. The van der Waals surface area contributed by atoms with E-state index < -0.39 is 4.92 Å². The standard InChI is InChI=1S/C18H21N5O3.C9H12N4O2.C9H9NO.CH2Cl2/c24-18(20-10-8-15-5-2-1-3-6-15)22-13-11-21(12-14-22)17-16(23(25)26)7-4-9-19-17;14-13(15)8-2-1-3-11-9(8)12-6-4-10-5-7-12;11-8-10-7-6-9-4-2-1-3-5-9;2-1-3/h1-7,9H,8,10-14H2,(H,20,24);1-3,10H,4-7H2;1-5H,6-7H2;1H2. The number of carbonyl (C=O) groups is 1. The Balaban J connectivity index is 0.000000236. The predicted molar refractivity (Wildman–Crippen MR) is 214 cm³/mol. The molecular formula is C37H44Cl2N10O6. The molecule has 0 radical (unpaired) electrons. The second-order valence-corrected chi connectivity index (χ2v) is 12.5. The Bertz CT molecular complexity index is 1790. The molecule has 292 valence electrons. The fraction of sp³-hybridized carbons (Fsp3) is 0.351. The number of halogens is 2. The van der Waals surface area contributed by atoms with Gasteiger partial charge >= 0.3 is 17.4 Å². The van der Waals surface area contributed by atoms with Gasteiger partial charge in [-0.1, -0.05) is 60.7 Å². The van der Waals surface area contributed by atoms with Crippen LogP contribution in [0.2, 0.25) is 0 Å². The van der Waals surface area contributed by atoms with Gasteiger partial charge in [0.1, 0.15) is 0 Å². The Hall–Kier alpha value is -5.67. The summed E-state index contributed by atoms with van der Waals surface area (Å²) in [6.07, 6.45) is 6.25. The molecule has 0 bridgehead atoms. The summed E-state index contributed by atoms with van der Waals surface area (Å²) in [5.41, 5.74) is 2.46. The van der Waals surface area contributed by atoms with E-state index in [1.54, 1.807) is 29.4 Å². The highest BCUT2D eigenvalue weighted by Crippen LogP contribution is 2.26. The van der Waals surface area contributed by atoms with Gasteiger partial charge in [-0.25, -0.2) is 24.5 Å². The number of isocyanates is 1. The lowest BCUT2D eigenvalue weighted by molar-refractivity contribution is -0.384. The van der Waals surface area contributed by atoms with Gasteiger partial charge < -0.3 is 25.3 Å². The van der Waals surface area contributed by atoms with Crippen LogP contribution >= 0.6 is 23.2 Å². The summed E-state index contributed by atoms with van der Waals surface area (Å²) in [6.45, 7) is 6.36. The van der Waals surface area contributed by atoms with Crippen molar-refractivity contribution in [3.05, 3.63) is 129 Å². The molecule has 55 heavy (non-hydrogen) atoms. The van der Waals surface area contributed by atoms with E-state index in [-0.39, 0.29) is 27.7 Å². The third-order valence-electron chi connectivity index (χ3n) is 8.16. The van der Waals surface area contributed by atoms with Crippen LogP contribution in [0.5, 0.6) is 0 Å². The summed E-state index contributed by atoms with van der Waals surface area (Å²) in [4.78, 5) is 60.3. The number of aliphatic imine (C=N–C) groups is 1. The van der Waals surface area contributed by atoms with Gasteiger partial charge in [0.25, 0.3) is 0 Å². The number of alkyl halides is 2. The zero-order chi connectivity index (χ0) is 39.7. The van der Waals surface area contributed by atoms with Gasteiger partial charge in [-0.2, -0.15) is 0 Å². The van der Waals surface area contributed by atoms with Gasteiger partial charge in [0.2, 0.25) is 17.7 Å². The first kappa shape index (κ1) is 43.7. The molecule has 0 atom stereocenters. The molecule has 0 spiro atoms. The Morgan fingerprint density at radius 2 is 1.22 bits per heavy atom. The van der Waals surface area contributed by atoms with Gasteiger partial charge in [0.05, 0.1) is 21.7 Å². The van der Waals surface area contributed by atoms with Crippen LogP contribution in [-0.4, -0.2) is 108 Å². The minimum Gasteiger partial charge on any atom is -0.348 e. The lowest BCUT2D eigenvalue weighted by Gasteiger charge is -2.35. The highest BCUT2D eigenvalue weighted by Gasteiger charge is 2.26. The Morgan fingerprint density at radius 3 is 1.69 bits per heavy atom. The third-order valence-corrected chi connectivity index (χ3v) is 8.16. The molecule has 18 heteroatoms. The maximum absolute atomic E-state index is 12.3. The van der Waals surface area contributed by atoms with Gasteiger partial charge in [0.15, 0.2) is 0 Å². The van der Waals surface area contributed by atoms with Crippen LogP contribution in [0.15, 0.2) is 102 Å². The molecule has 2 aromatic carbocycles. The molecule has 0 unspecified atom stereocenters. The number of nitro groups is 2. The van der Waals surface area contributed by atoms with Crippen LogP contribution in [-0.2, 0) is 17.6 Å². The number of aromatic nitrogens is 2. The van der Waals surface area contributed by atoms with Crippen LogP contribution in [0.3, 0.4) is 0 Å². The van der Waals surface area contributed by atoms with Crippen molar-refractivity contribution in [2.75, 3.05) is 80.6 Å². The maximum Gasteiger partial charge on any atom is 0.317 e. The van der Waals surface area contributed by atoms with Crippen molar-refractivity contribution < 1.29 is 19.4 Å². The number of piperazine rings is 2. The van der Waals surface area contributed by atoms with Crippen molar-refractivity contribution in [3.8, 4) is 0 Å². The van der Waals surface area contributed by atoms with Crippen molar-refractivity contribution in [2.45, 2.75) is 12.8 Å². The van der Waals surface area contributed by atoms with Gasteiger partial charge in [-0.15, -0.1) is 23.2 Å². The van der Waals surface area contributed by atoms with Crippen LogP contribution < -0.4 is 20.4 Å². The minimum absolute atomic E-state index is 0.00624. The molecule has 2 N–H and O–H groups in total. The smallest absolute Gasteiger partial charge is 0.317 e. The topological polar surface area (TPSA) is 192 Å². The normalized spacial score (nSPS) is 13.2. The number of carbonyl (C=O) groups excluding carboxylic acids is 2. The van der Waals surface area contributed by atoms with E-state index in [4.69, 9.17) is 23.2 Å². The predicted octanol–water partition coefficient (Wildman–Crippen LogP) is 5.45. The molecule has 2 aromatic heterocycles. The van der Waals surface area contributed by atoms with E-state index in [9.17, 15) is 29.8 Å². The summed E-state index contributed by atoms with van der Waals surface area (Å²) in [5.74, 6) is 0.839. The number of benzene rings is 2. The molecule has 2 aliphatic rings. The average Bonchev–Trinajstić information content (AvgIpc) is 3.23. The van der Waals surface area contributed by atoms with Crippen LogP contribution in [0.4, 0.5) is 27.8 Å². The molecule has 4 heterocycles. The number of pyridine rings is 2. The highest BCUT2D eigenvalue weighted by atomic mass is 35.5. The van der Waals surface area contributed by atoms with E-state index in [0.29, 0.717) is 50.9 Å². The van der Waals surface area contributed by atoms with E-state index in [1.807, 2.05) is 70.5 Å². The molecular weight excluding hydrogens is 751 g/mol. The summed E-state index contributed by atoms with van der Waals surface area (Å²) in [7, 11) is 0. The molecule has 2 amide bonds.